The van der Waals surface area contributed by atoms with E-state index in [9.17, 15) is 9.18 Å². The van der Waals surface area contributed by atoms with E-state index in [1.54, 1.807) is 35.1 Å². The largest absolute Gasteiger partial charge is 0.319 e. The fourth-order valence-corrected chi connectivity index (χ4v) is 2.66. The fraction of sp³-hybridized carbons (Fsp3) is 0.0588. The zero-order valence-electron chi connectivity index (χ0n) is 12.3. The van der Waals surface area contributed by atoms with Crippen LogP contribution in [0.25, 0.3) is 0 Å². The Hall–Kier alpha value is -2.37. The minimum absolute atomic E-state index is 0.277. The Labute approximate surface area is 147 Å². The van der Waals surface area contributed by atoms with Crippen LogP contribution in [-0.4, -0.2) is 15.7 Å². The van der Waals surface area contributed by atoms with E-state index in [0.717, 1.165) is 5.56 Å². The summed E-state index contributed by atoms with van der Waals surface area (Å²) in [5.74, 6) is -0.634. The molecule has 0 saturated heterocycles. The van der Waals surface area contributed by atoms with Gasteiger partial charge in [0.25, 0.3) is 5.91 Å². The van der Waals surface area contributed by atoms with Crippen LogP contribution in [0.1, 0.15) is 15.9 Å². The van der Waals surface area contributed by atoms with Crippen molar-refractivity contribution in [3.63, 3.8) is 0 Å². The van der Waals surface area contributed by atoms with E-state index < -0.39 is 0 Å². The van der Waals surface area contributed by atoms with Gasteiger partial charge in [0.05, 0.1) is 29.0 Å². The summed E-state index contributed by atoms with van der Waals surface area (Å²) in [4.78, 5) is 12.2. The van der Waals surface area contributed by atoms with Crippen molar-refractivity contribution in [2.75, 3.05) is 5.32 Å². The number of amides is 1. The summed E-state index contributed by atoms with van der Waals surface area (Å²) in [5, 5.41) is 7.63. The first-order valence-electron chi connectivity index (χ1n) is 7.04. The molecule has 0 aliphatic heterocycles. The molecular weight excluding hydrogens is 352 g/mol. The Morgan fingerprint density at radius 2 is 1.92 bits per heavy atom. The van der Waals surface area contributed by atoms with E-state index in [1.165, 1.54) is 24.4 Å². The molecule has 2 aromatic carbocycles. The lowest BCUT2D eigenvalue weighted by Crippen LogP contribution is -2.12. The van der Waals surface area contributed by atoms with Gasteiger partial charge in [-0.05, 0) is 35.9 Å². The van der Waals surface area contributed by atoms with E-state index in [1.807, 2.05) is 0 Å². The van der Waals surface area contributed by atoms with Gasteiger partial charge in [-0.15, -0.1) is 0 Å². The van der Waals surface area contributed by atoms with Gasteiger partial charge in [-0.1, -0.05) is 35.3 Å². The topological polar surface area (TPSA) is 46.9 Å². The van der Waals surface area contributed by atoms with E-state index in [2.05, 4.69) is 10.4 Å². The first kappa shape index (κ1) is 16.5. The second kappa shape index (κ2) is 7.03. The fourth-order valence-electron chi connectivity index (χ4n) is 2.16. The van der Waals surface area contributed by atoms with Crippen molar-refractivity contribution in [3.05, 3.63) is 81.8 Å². The number of benzene rings is 2. The third-order valence-corrected chi connectivity index (χ3v) is 3.87. The monoisotopic (exact) mass is 363 g/mol. The van der Waals surface area contributed by atoms with E-state index in [0.29, 0.717) is 22.8 Å². The molecule has 7 heteroatoms. The zero-order chi connectivity index (χ0) is 17.1. The zero-order valence-corrected chi connectivity index (χ0v) is 13.9. The number of nitrogens with zero attached hydrogens (tertiary/aromatic N) is 2. The lowest BCUT2D eigenvalue weighted by Gasteiger charge is -2.05. The SMILES string of the molecule is O=C(Nc1cnn(Cc2ccc(F)cc2)c1)c1ccc(Cl)cc1Cl. The molecule has 122 valence electrons. The molecule has 1 N–H and O–H groups in total. The summed E-state index contributed by atoms with van der Waals surface area (Å²) in [6, 6.07) is 10.8. The maximum absolute atomic E-state index is 12.9. The highest BCUT2D eigenvalue weighted by Crippen LogP contribution is 2.22. The molecule has 0 bridgehead atoms. The minimum atomic E-state index is -0.349. The van der Waals surface area contributed by atoms with E-state index >= 15 is 0 Å². The summed E-state index contributed by atoms with van der Waals surface area (Å²) < 4.78 is 14.5. The number of rotatable bonds is 4. The van der Waals surface area contributed by atoms with Gasteiger partial charge in [0.1, 0.15) is 5.82 Å². The van der Waals surface area contributed by atoms with Gasteiger partial charge >= 0.3 is 0 Å². The first-order chi connectivity index (χ1) is 11.5. The molecule has 0 saturated carbocycles. The molecule has 24 heavy (non-hydrogen) atoms. The maximum Gasteiger partial charge on any atom is 0.257 e. The van der Waals surface area contributed by atoms with Crippen LogP contribution in [0.5, 0.6) is 0 Å². The highest BCUT2D eigenvalue weighted by atomic mass is 35.5. The van der Waals surface area contributed by atoms with Crippen molar-refractivity contribution in [3.8, 4) is 0 Å². The van der Waals surface area contributed by atoms with Gasteiger partial charge in [-0.25, -0.2) is 4.39 Å². The smallest absolute Gasteiger partial charge is 0.257 e. The molecule has 0 aliphatic rings. The molecule has 1 amide bonds. The van der Waals surface area contributed by atoms with Crippen LogP contribution in [0.15, 0.2) is 54.9 Å². The number of carbonyl (C=O) groups is 1. The second-order valence-electron chi connectivity index (χ2n) is 5.13. The molecule has 0 radical (unpaired) electrons. The Morgan fingerprint density at radius 3 is 2.62 bits per heavy atom. The number of hydrogen-bond acceptors (Lipinski definition) is 2. The van der Waals surface area contributed by atoms with Gasteiger partial charge in [0.2, 0.25) is 0 Å². The Bertz CT molecular complexity index is 878. The van der Waals surface area contributed by atoms with Crippen molar-refractivity contribution in [2.45, 2.75) is 6.54 Å². The van der Waals surface area contributed by atoms with Crippen molar-refractivity contribution < 1.29 is 9.18 Å². The number of aromatic nitrogens is 2. The van der Waals surface area contributed by atoms with Crippen LogP contribution >= 0.6 is 23.2 Å². The second-order valence-corrected chi connectivity index (χ2v) is 5.97. The van der Waals surface area contributed by atoms with Gasteiger partial charge in [-0.3, -0.25) is 9.48 Å². The van der Waals surface area contributed by atoms with E-state index in [4.69, 9.17) is 23.2 Å². The molecule has 0 spiro atoms. The van der Waals surface area contributed by atoms with Gasteiger partial charge in [0, 0.05) is 11.2 Å². The normalized spacial score (nSPS) is 10.6. The maximum atomic E-state index is 12.9. The molecule has 0 atom stereocenters. The van der Waals surface area contributed by atoms with Gasteiger partial charge in [-0.2, -0.15) is 5.10 Å². The number of anilines is 1. The number of halogens is 3. The Balaban J connectivity index is 1.69. The van der Waals surface area contributed by atoms with Crippen molar-refractivity contribution in [1.29, 1.82) is 0 Å². The van der Waals surface area contributed by atoms with Crippen LogP contribution < -0.4 is 5.32 Å². The van der Waals surface area contributed by atoms with Gasteiger partial charge < -0.3 is 5.32 Å². The molecular formula is C17H12Cl2FN3O. The first-order valence-corrected chi connectivity index (χ1v) is 7.80. The summed E-state index contributed by atoms with van der Waals surface area (Å²) in [6.07, 6.45) is 3.22. The molecule has 0 fully saturated rings. The third kappa shape index (κ3) is 3.93. The predicted molar refractivity (Wildman–Crippen MR) is 92.1 cm³/mol. The van der Waals surface area contributed by atoms with Crippen molar-refractivity contribution in [1.82, 2.24) is 9.78 Å². The average molecular weight is 364 g/mol. The number of nitrogens with one attached hydrogen (secondary N) is 1. The molecule has 1 aromatic heterocycles. The van der Waals surface area contributed by atoms with Crippen LogP contribution in [0.2, 0.25) is 10.0 Å². The van der Waals surface area contributed by atoms with Crippen LogP contribution in [0, 0.1) is 5.82 Å². The summed E-state index contributed by atoms with van der Waals surface area (Å²) in [7, 11) is 0. The van der Waals surface area contributed by atoms with Crippen LogP contribution in [-0.2, 0) is 6.54 Å². The molecule has 1 heterocycles. The Morgan fingerprint density at radius 1 is 1.17 bits per heavy atom. The van der Waals surface area contributed by atoms with Crippen LogP contribution in [0.3, 0.4) is 0 Å². The third-order valence-electron chi connectivity index (χ3n) is 3.32. The molecule has 0 unspecified atom stereocenters. The highest BCUT2D eigenvalue weighted by molar-refractivity contribution is 6.37. The molecule has 3 aromatic rings. The van der Waals surface area contributed by atoms with Gasteiger partial charge in [0.15, 0.2) is 0 Å². The van der Waals surface area contributed by atoms with Crippen molar-refractivity contribution in [2.24, 2.45) is 0 Å². The number of hydrogen-bond donors (Lipinski definition) is 1. The molecule has 4 nitrogen and oxygen atoms in total. The van der Waals surface area contributed by atoms with E-state index in [-0.39, 0.29) is 16.7 Å². The predicted octanol–water partition coefficient (Wildman–Crippen LogP) is 4.63. The summed E-state index contributed by atoms with van der Waals surface area (Å²) in [5.41, 5.74) is 1.76. The standard InChI is InChI=1S/C17H12Cl2FN3O/c18-12-3-6-15(16(19)7-12)17(24)22-14-8-21-23(10-14)9-11-1-4-13(20)5-2-11/h1-8,10H,9H2,(H,22,24). The quantitative estimate of drug-likeness (QED) is 0.734. The number of carbonyl (C=O) groups excluding carboxylic acids is 1. The average Bonchev–Trinajstić information content (AvgIpc) is 2.96. The van der Waals surface area contributed by atoms with Crippen molar-refractivity contribution >= 4 is 34.8 Å². The van der Waals surface area contributed by atoms with Crippen LogP contribution in [0.4, 0.5) is 10.1 Å². The molecule has 0 aliphatic carbocycles. The molecule has 3 rings (SSSR count). The Kier molecular flexibility index (Phi) is 4.83. The summed E-state index contributed by atoms with van der Waals surface area (Å²) >= 11 is 11.8. The lowest BCUT2D eigenvalue weighted by molar-refractivity contribution is 0.102. The summed E-state index contributed by atoms with van der Waals surface area (Å²) in [6.45, 7) is 0.470. The minimum Gasteiger partial charge on any atom is -0.319 e. The lowest BCUT2D eigenvalue weighted by atomic mass is 10.2. The highest BCUT2D eigenvalue weighted by Gasteiger charge is 2.12.